The van der Waals surface area contributed by atoms with Gasteiger partial charge in [-0.3, -0.25) is 10.1 Å². The van der Waals surface area contributed by atoms with Crippen molar-refractivity contribution in [1.82, 2.24) is 14.9 Å². The van der Waals surface area contributed by atoms with E-state index in [1.807, 2.05) is 0 Å². The number of morpholine rings is 1. The van der Waals surface area contributed by atoms with E-state index >= 15 is 0 Å². The largest absolute Gasteiger partial charge is 0.449 e. The van der Waals surface area contributed by atoms with Crippen LogP contribution in [0.2, 0.25) is 0 Å². The summed E-state index contributed by atoms with van der Waals surface area (Å²) in [6.45, 7) is 2.57. The third kappa shape index (κ3) is 6.27. The van der Waals surface area contributed by atoms with Gasteiger partial charge in [0.1, 0.15) is 0 Å². The Morgan fingerprint density at radius 1 is 1.06 bits per heavy atom. The number of amides is 3. The molecule has 3 rings (SSSR count). The molecule has 3 amide bonds. The van der Waals surface area contributed by atoms with Crippen molar-refractivity contribution in [3.05, 3.63) is 29.8 Å². The highest BCUT2D eigenvalue weighted by molar-refractivity contribution is 7.89. The summed E-state index contributed by atoms with van der Waals surface area (Å²) in [5.41, 5.74) is 0.0947. The number of nitrogens with one attached hydrogen (secondary N) is 2. The third-order valence-corrected chi connectivity index (χ3v) is 7.44. The van der Waals surface area contributed by atoms with E-state index in [2.05, 4.69) is 10.6 Å². The number of urea groups is 1. The van der Waals surface area contributed by atoms with Crippen molar-refractivity contribution in [1.29, 1.82) is 0 Å². The molecule has 32 heavy (non-hydrogen) atoms. The number of benzene rings is 1. The first-order valence-electron chi connectivity index (χ1n) is 10.8. The number of hydrogen-bond donors (Lipinski definition) is 2. The summed E-state index contributed by atoms with van der Waals surface area (Å²) in [5, 5.41) is 4.94. The molecule has 0 spiro atoms. The van der Waals surface area contributed by atoms with Crippen molar-refractivity contribution in [2.24, 2.45) is 0 Å². The summed E-state index contributed by atoms with van der Waals surface area (Å²) in [6, 6.07) is 4.74. The van der Waals surface area contributed by atoms with Gasteiger partial charge in [-0.15, -0.1) is 0 Å². The molecule has 1 aliphatic carbocycles. The van der Waals surface area contributed by atoms with Crippen LogP contribution in [0.3, 0.4) is 0 Å². The van der Waals surface area contributed by atoms with Crippen LogP contribution in [0.1, 0.15) is 49.4 Å². The molecular formula is C21H29N3O7S. The van der Waals surface area contributed by atoms with Gasteiger partial charge < -0.3 is 14.8 Å². The third-order valence-electron chi connectivity index (χ3n) is 5.53. The zero-order valence-corrected chi connectivity index (χ0v) is 18.9. The number of nitrogens with zero attached hydrogens (tertiary/aromatic N) is 1. The van der Waals surface area contributed by atoms with Crippen LogP contribution >= 0.6 is 0 Å². The second-order valence-corrected chi connectivity index (χ2v) is 9.82. The fourth-order valence-corrected chi connectivity index (χ4v) is 5.07. The highest BCUT2D eigenvalue weighted by Gasteiger charge is 2.27. The minimum absolute atomic E-state index is 0.0432. The van der Waals surface area contributed by atoms with Crippen molar-refractivity contribution in [3.8, 4) is 0 Å². The summed E-state index contributed by atoms with van der Waals surface area (Å²) in [7, 11) is -3.67. The first-order valence-corrected chi connectivity index (χ1v) is 12.2. The summed E-state index contributed by atoms with van der Waals surface area (Å²) >= 11 is 0. The number of carbonyl (C=O) groups excluding carboxylic acids is 3. The van der Waals surface area contributed by atoms with E-state index in [0.717, 1.165) is 32.1 Å². The molecule has 1 aromatic rings. The molecule has 0 aromatic heterocycles. The average Bonchev–Trinajstić information content (AvgIpc) is 2.80. The summed E-state index contributed by atoms with van der Waals surface area (Å²) in [6.07, 6.45) is 3.79. The Morgan fingerprint density at radius 2 is 1.69 bits per heavy atom. The minimum Gasteiger partial charge on any atom is -0.449 e. The molecule has 1 aromatic carbocycles. The van der Waals surface area contributed by atoms with Crippen LogP contribution in [-0.4, -0.2) is 69.1 Å². The monoisotopic (exact) mass is 467 g/mol. The topological polar surface area (TPSA) is 131 Å². The highest BCUT2D eigenvalue weighted by Crippen LogP contribution is 2.19. The molecule has 0 bridgehead atoms. The number of carbonyl (C=O) groups is 3. The lowest BCUT2D eigenvalue weighted by atomic mass is 9.96. The molecule has 1 atom stereocenters. The van der Waals surface area contributed by atoms with E-state index in [-0.39, 0.29) is 29.6 Å². The predicted molar refractivity (Wildman–Crippen MR) is 114 cm³/mol. The van der Waals surface area contributed by atoms with Gasteiger partial charge in [0.05, 0.1) is 23.7 Å². The SMILES string of the molecule is CC(OC(=O)c1ccc(S(=O)(=O)N2CCOCC2)cc1)C(=O)NC(=O)NC1CCCCC1. The summed E-state index contributed by atoms with van der Waals surface area (Å²) in [4.78, 5) is 36.6. The second-order valence-electron chi connectivity index (χ2n) is 7.89. The average molecular weight is 468 g/mol. The number of rotatable bonds is 6. The second kappa shape index (κ2) is 10.9. The summed E-state index contributed by atoms with van der Waals surface area (Å²) < 4.78 is 36.9. The Balaban J connectivity index is 1.52. The van der Waals surface area contributed by atoms with E-state index in [1.165, 1.54) is 35.5 Å². The van der Waals surface area contributed by atoms with Crippen molar-refractivity contribution in [2.45, 2.75) is 56.1 Å². The molecule has 2 aliphatic rings. The molecule has 1 aliphatic heterocycles. The standard InChI is InChI=1S/C21H29N3O7S/c1-15(19(25)23-21(27)22-17-5-3-2-4-6-17)31-20(26)16-7-9-18(10-8-16)32(28,29)24-11-13-30-14-12-24/h7-10,15,17H,2-6,11-14H2,1H3,(H2,22,23,25,27). The van der Waals surface area contributed by atoms with E-state index in [1.54, 1.807) is 0 Å². The fourth-order valence-electron chi connectivity index (χ4n) is 3.66. The normalized spacial score (nSPS) is 19.0. The van der Waals surface area contributed by atoms with E-state index in [4.69, 9.17) is 9.47 Å². The van der Waals surface area contributed by atoms with Crippen LogP contribution in [0.4, 0.5) is 4.79 Å². The van der Waals surface area contributed by atoms with Gasteiger partial charge in [0.25, 0.3) is 5.91 Å². The molecule has 11 heteroatoms. The Bertz CT molecular complexity index is 921. The van der Waals surface area contributed by atoms with Crippen LogP contribution in [0, 0.1) is 0 Å². The predicted octanol–water partition coefficient (Wildman–Crippen LogP) is 1.41. The Morgan fingerprint density at radius 3 is 2.31 bits per heavy atom. The Hall–Kier alpha value is -2.50. The quantitative estimate of drug-likeness (QED) is 0.605. The number of sulfonamides is 1. The lowest BCUT2D eigenvalue weighted by molar-refractivity contribution is -0.127. The summed E-state index contributed by atoms with van der Waals surface area (Å²) in [5.74, 6) is -1.53. The molecule has 10 nitrogen and oxygen atoms in total. The van der Waals surface area contributed by atoms with Crippen molar-refractivity contribution in [3.63, 3.8) is 0 Å². The maximum absolute atomic E-state index is 12.6. The maximum atomic E-state index is 12.6. The number of esters is 1. The van der Waals surface area contributed by atoms with Gasteiger partial charge in [-0.25, -0.2) is 18.0 Å². The minimum atomic E-state index is -3.67. The van der Waals surface area contributed by atoms with E-state index in [0.29, 0.717) is 13.2 Å². The van der Waals surface area contributed by atoms with Crippen LogP contribution in [0.25, 0.3) is 0 Å². The number of imide groups is 1. The van der Waals surface area contributed by atoms with Crippen LogP contribution in [0.15, 0.2) is 29.2 Å². The molecule has 176 valence electrons. The van der Waals surface area contributed by atoms with Gasteiger partial charge in [0.2, 0.25) is 10.0 Å². The lowest BCUT2D eigenvalue weighted by Crippen LogP contribution is -2.48. The zero-order chi connectivity index (χ0) is 23.1. The molecule has 1 heterocycles. The molecule has 2 fully saturated rings. The van der Waals surface area contributed by atoms with E-state index in [9.17, 15) is 22.8 Å². The first-order chi connectivity index (χ1) is 15.3. The molecule has 1 unspecified atom stereocenters. The zero-order valence-electron chi connectivity index (χ0n) is 18.0. The van der Waals surface area contributed by atoms with Gasteiger partial charge in [0.15, 0.2) is 6.10 Å². The van der Waals surface area contributed by atoms with Crippen molar-refractivity contribution < 1.29 is 32.3 Å². The molecule has 1 saturated carbocycles. The first kappa shape index (κ1) is 24.1. The maximum Gasteiger partial charge on any atom is 0.338 e. The molecule has 1 saturated heterocycles. The Kier molecular flexibility index (Phi) is 8.21. The van der Waals surface area contributed by atoms with Crippen LogP contribution in [-0.2, 0) is 24.3 Å². The number of hydrogen-bond acceptors (Lipinski definition) is 7. The number of ether oxygens (including phenoxy) is 2. The Labute approximate surface area is 187 Å². The van der Waals surface area contributed by atoms with Crippen molar-refractivity contribution in [2.75, 3.05) is 26.3 Å². The van der Waals surface area contributed by atoms with Gasteiger partial charge in [-0.2, -0.15) is 4.31 Å². The smallest absolute Gasteiger partial charge is 0.338 e. The molecule has 2 N–H and O–H groups in total. The van der Waals surface area contributed by atoms with Gasteiger partial charge in [-0.1, -0.05) is 19.3 Å². The van der Waals surface area contributed by atoms with Gasteiger partial charge in [0, 0.05) is 19.1 Å². The van der Waals surface area contributed by atoms with Crippen LogP contribution < -0.4 is 10.6 Å². The van der Waals surface area contributed by atoms with E-state index < -0.39 is 34.0 Å². The molecule has 0 radical (unpaired) electrons. The molecular weight excluding hydrogens is 438 g/mol. The lowest BCUT2D eigenvalue weighted by Gasteiger charge is -2.26. The van der Waals surface area contributed by atoms with Crippen molar-refractivity contribution >= 4 is 27.9 Å². The van der Waals surface area contributed by atoms with Gasteiger partial charge >= 0.3 is 12.0 Å². The fraction of sp³-hybridized carbons (Fsp3) is 0.571. The van der Waals surface area contributed by atoms with Crippen LogP contribution in [0.5, 0.6) is 0 Å². The van der Waals surface area contributed by atoms with Gasteiger partial charge in [-0.05, 0) is 44.0 Å². The highest BCUT2D eigenvalue weighted by atomic mass is 32.2.